The Hall–Kier alpha value is -0.570. The smallest absolute Gasteiger partial charge is 0.221 e. The Morgan fingerprint density at radius 1 is 1.32 bits per heavy atom. The predicted octanol–water partition coefficient (Wildman–Crippen LogP) is 3.23. The van der Waals surface area contributed by atoms with Gasteiger partial charge < -0.3 is 11.1 Å². The second-order valence-corrected chi connectivity index (χ2v) is 7.36. The van der Waals surface area contributed by atoms with Gasteiger partial charge in [-0.2, -0.15) is 0 Å². The number of nitrogens with one attached hydrogen (secondary N) is 1. The second kappa shape index (κ2) is 7.28. The van der Waals surface area contributed by atoms with Crippen molar-refractivity contribution >= 4 is 5.91 Å². The summed E-state index contributed by atoms with van der Waals surface area (Å²) in [6.07, 6.45) is 7.48. The number of amides is 1. The van der Waals surface area contributed by atoms with Crippen LogP contribution in [0.4, 0.5) is 0 Å². The van der Waals surface area contributed by atoms with Crippen molar-refractivity contribution in [2.45, 2.75) is 84.7 Å². The summed E-state index contributed by atoms with van der Waals surface area (Å²) in [6.45, 7) is 8.72. The number of carbonyl (C=O) groups excluding carboxylic acids is 1. The molecular formula is C16H32N2O. The zero-order chi connectivity index (χ0) is 14.5. The van der Waals surface area contributed by atoms with Crippen LogP contribution in [0, 0.1) is 11.3 Å². The van der Waals surface area contributed by atoms with Crippen molar-refractivity contribution in [1.29, 1.82) is 0 Å². The molecular weight excluding hydrogens is 236 g/mol. The summed E-state index contributed by atoms with van der Waals surface area (Å²) in [7, 11) is 0. The molecule has 3 N–H and O–H groups in total. The van der Waals surface area contributed by atoms with Crippen LogP contribution in [0.1, 0.15) is 72.6 Å². The molecule has 0 radical (unpaired) electrons. The van der Waals surface area contributed by atoms with E-state index in [1.807, 2.05) is 0 Å². The van der Waals surface area contributed by atoms with Crippen LogP contribution in [0.3, 0.4) is 0 Å². The van der Waals surface area contributed by atoms with Gasteiger partial charge in [-0.05, 0) is 30.6 Å². The van der Waals surface area contributed by atoms with Crippen molar-refractivity contribution in [2.24, 2.45) is 17.1 Å². The molecule has 1 amide bonds. The molecule has 0 saturated heterocycles. The van der Waals surface area contributed by atoms with E-state index in [2.05, 4.69) is 33.0 Å². The number of hydrogen-bond donors (Lipinski definition) is 2. The van der Waals surface area contributed by atoms with E-state index >= 15 is 0 Å². The average molecular weight is 268 g/mol. The fourth-order valence-corrected chi connectivity index (χ4v) is 3.25. The van der Waals surface area contributed by atoms with E-state index in [1.165, 1.54) is 25.7 Å². The first-order valence-corrected chi connectivity index (χ1v) is 7.86. The quantitative estimate of drug-likeness (QED) is 0.804. The summed E-state index contributed by atoms with van der Waals surface area (Å²) in [4.78, 5) is 12.1. The molecule has 0 heterocycles. The van der Waals surface area contributed by atoms with Gasteiger partial charge in [0.2, 0.25) is 5.91 Å². The lowest BCUT2D eigenvalue weighted by Crippen LogP contribution is -2.44. The maximum atomic E-state index is 12.1. The molecule has 3 heteroatoms. The van der Waals surface area contributed by atoms with Gasteiger partial charge in [0.05, 0.1) is 0 Å². The molecule has 0 aromatic carbocycles. The SMILES string of the molecule is CCC1CCCCC1NC(=O)CC(N)CC(C)(C)C. The Labute approximate surface area is 118 Å². The molecule has 1 saturated carbocycles. The van der Waals surface area contributed by atoms with Crippen molar-refractivity contribution in [3.8, 4) is 0 Å². The van der Waals surface area contributed by atoms with Gasteiger partial charge in [0.15, 0.2) is 0 Å². The van der Waals surface area contributed by atoms with E-state index in [0.29, 0.717) is 18.4 Å². The lowest BCUT2D eigenvalue weighted by Gasteiger charge is -2.32. The maximum Gasteiger partial charge on any atom is 0.221 e. The number of hydrogen-bond acceptors (Lipinski definition) is 2. The van der Waals surface area contributed by atoms with Gasteiger partial charge in [-0.1, -0.05) is 47.0 Å². The summed E-state index contributed by atoms with van der Waals surface area (Å²) in [6, 6.07) is 0.358. The van der Waals surface area contributed by atoms with Crippen molar-refractivity contribution in [3.05, 3.63) is 0 Å². The molecule has 0 aliphatic heterocycles. The molecule has 0 aromatic rings. The Balaban J connectivity index is 2.37. The lowest BCUT2D eigenvalue weighted by molar-refractivity contribution is -0.122. The molecule has 0 aromatic heterocycles. The van der Waals surface area contributed by atoms with Gasteiger partial charge in [0.1, 0.15) is 0 Å². The zero-order valence-corrected chi connectivity index (χ0v) is 13.2. The number of rotatable bonds is 5. The summed E-state index contributed by atoms with van der Waals surface area (Å²) in [5, 5.41) is 3.22. The Morgan fingerprint density at radius 2 is 1.95 bits per heavy atom. The Bertz CT molecular complexity index is 283. The number of nitrogens with two attached hydrogens (primary N) is 1. The van der Waals surface area contributed by atoms with Crippen LogP contribution in [-0.2, 0) is 4.79 Å². The summed E-state index contributed by atoms with van der Waals surface area (Å²) in [5.74, 6) is 0.804. The fourth-order valence-electron chi connectivity index (χ4n) is 3.25. The largest absolute Gasteiger partial charge is 0.353 e. The third-order valence-electron chi connectivity index (χ3n) is 4.10. The molecule has 112 valence electrons. The molecule has 1 fully saturated rings. The molecule has 1 aliphatic carbocycles. The summed E-state index contributed by atoms with van der Waals surface area (Å²) >= 11 is 0. The highest BCUT2D eigenvalue weighted by Crippen LogP contribution is 2.27. The minimum atomic E-state index is -0.0244. The first kappa shape index (κ1) is 16.5. The minimum Gasteiger partial charge on any atom is -0.353 e. The van der Waals surface area contributed by atoms with E-state index < -0.39 is 0 Å². The predicted molar refractivity (Wildman–Crippen MR) is 80.8 cm³/mol. The van der Waals surface area contributed by atoms with Crippen LogP contribution in [0.5, 0.6) is 0 Å². The van der Waals surface area contributed by atoms with Gasteiger partial charge in [0, 0.05) is 18.5 Å². The molecule has 3 unspecified atom stereocenters. The van der Waals surface area contributed by atoms with Crippen LogP contribution in [0.2, 0.25) is 0 Å². The Morgan fingerprint density at radius 3 is 2.53 bits per heavy atom. The van der Waals surface area contributed by atoms with E-state index in [1.54, 1.807) is 0 Å². The number of carbonyl (C=O) groups is 1. The van der Waals surface area contributed by atoms with Crippen LogP contribution in [0.15, 0.2) is 0 Å². The van der Waals surface area contributed by atoms with E-state index in [0.717, 1.165) is 12.8 Å². The third-order valence-corrected chi connectivity index (χ3v) is 4.10. The average Bonchev–Trinajstić information content (AvgIpc) is 2.26. The van der Waals surface area contributed by atoms with Crippen molar-refractivity contribution in [2.75, 3.05) is 0 Å². The van der Waals surface area contributed by atoms with Gasteiger partial charge in [-0.25, -0.2) is 0 Å². The van der Waals surface area contributed by atoms with Crippen molar-refractivity contribution in [1.82, 2.24) is 5.32 Å². The fraction of sp³-hybridized carbons (Fsp3) is 0.938. The molecule has 0 spiro atoms. The molecule has 3 nitrogen and oxygen atoms in total. The molecule has 0 bridgehead atoms. The highest BCUT2D eigenvalue weighted by molar-refractivity contribution is 5.76. The minimum absolute atomic E-state index is 0.0244. The monoisotopic (exact) mass is 268 g/mol. The summed E-state index contributed by atoms with van der Waals surface area (Å²) < 4.78 is 0. The Kier molecular flexibility index (Phi) is 6.31. The van der Waals surface area contributed by atoms with E-state index in [9.17, 15) is 4.79 Å². The third kappa shape index (κ3) is 6.42. The van der Waals surface area contributed by atoms with Crippen LogP contribution < -0.4 is 11.1 Å². The van der Waals surface area contributed by atoms with Gasteiger partial charge >= 0.3 is 0 Å². The van der Waals surface area contributed by atoms with E-state index in [4.69, 9.17) is 5.73 Å². The molecule has 19 heavy (non-hydrogen) atoms. The highest BCUT2D eigenvalue weighted by atomic mass is 16.1. The van der Waals surface area contributed by atoms with Crippen LogP contribution in [-0.4, -0.2) is 18.0 Å². The van der Waals surface area contributed by atoms with Gasteiger partial charge in [-0.15, -0.1) is 0 Å². The highest BCUT2D eigenvalue weighted by Gasteiger charge is 2.26. The lowest BCUT2D eigenvalue weighted by atomic mass is 9.82. The van der Waals surface area contributed by atoms with Crippen molar-refractivity contribution < 1.29 is 4.79 Å². The molecule has 1 rings (SSSR count). The van der Waals surface area contributed by atoms with Crippen LogP contribution in [0.25, 0.3) is 0 Å². The maximum absolute atomic E-state index is 12.1. The zero-order valence-electron chi connectivity index (χ0n) is 13.2. The standard InChI is InChI=1S/C16H32N2O/c1-5-12-8-6-7-9-14(12)18-15(19)10-13(17)11-16(2,3)4/h12-14H,5-11,17H2,1-4H3,(H,18,19). The first-order chi connectivity index (χ1) is 8.81. The normalized spacial score (nSPS) is 25.9. The topological polar surface area (TPSA) is 55.1 Å². The van der Waals surface area contributed by atoms with Crippen molar-refractivity contribution in [3.63, 3.8) is 0 Å². The second-order valence-electron chi connectivity index (χ2n) is 7.36. The molecule has 1 aliphatic rings. The van der Waals surface area contributed by atoms with Gasteiger partial charge in [0.25, 0.3) is 0 Å². The molecule has 3 atom stereocenters. The van der Waals surface area contributed by atoms with E-state index in [-0.39, 0.29) is 17.4 Å². The first-order valence-electron chi connectivity index (χ1n) is 7.86. The van der Waals surface area contributed by atoms with Crippen LogP contribution >= 0.6 is 0 Å². The summed E-state index contributed by atoms with van der Waals surface area (Å²) in [5.41, 5.74) is 6.26. The van der Waals surface area contributed by atoms with Gasteiger partial charge in [-0.3, -0.25) is 4.79 Å².